The minimum absolute atomic E-state index is 0.581. The largest absolute Gasteiger partial charge is 0.349 e. The molecule has 2 aromatic rings. The van der Waals surface area contributed by atoms with Crippen molar-refractivity contribution in [1.29, 1.82) is 0 Å². The summed E-state index contributed by atoms with van der Waals surface area (Å²) >= 11 is 0. The van der Waals surface area contributed by atoms with E-state index in [1.807, 2.05) is 7.05 Å². The molecular formula is C19H26N6. The quantitative estimate of drug-likeness (QED) is 0.688. The van der Waals surface area contributed by atoms with E-state index in [-0.39, 0.29) is 0 Å². The average Bonchev–Trinajstić information content (AvgIpc) is 3.33. The van der Waals surface area contributed by atoms with Gasteiger partial charge in [-0.25, -0.2) is 0 Å². The number of aryl methyl sites for hydroxylation is 2. The standard InChI is InChI=1S/C19H26N6/c1-14-6-3-4-7-16(14)15-9-11-24(13-15)19(20-2)21-12-18-23-22-17-8-5-10-25(17)18/h3-4,6-7,15H,5,8-13H2,1-2H3,(H,20,21). The fourth-order valence-corrected chi connectivity index (χ4v) is 4.08. The lowest BCUT2D eigenvalue weighted by atomic mass is 9.94. The Morgan fingerprint density at radius 1 is 1.28 bits per heavy atom. The highest BCUT2D eigenvalue weighted by molar-refractivity contribution is 5.80. The van der Waals surface area contributed by atoms with Crippen LogP contribution in [0.3, 0.4) is 0 Å². The fraction of sp³-hybridized carbons (Fsp3) is 0.526. The van der Waals surface area contributed by atoms with E-state index in [9.17, 15) is 0 Å². The van der Waals surface area contributed by atoms with Crippen LogP contribution in [0.15, 0.2) is 29.3 Å². The van der Waals surface area contributed by atoms with Gasteiger partial charge in [-0.1, -0.05) is 24.3 Å². The summed E-state index contributed by atoms with van der Waals surface area (Å²) in [6.07, 6.45) is 3.40. The molecule has 1 saturated heterocycles. The summed E-state index contributed by atoms with van der Waals surface area (Å²) in [6, 6.07) is 8.73. The molecule has 2 aliphatic rings. The molecule has 132 valence electrons. The van der Waals surface area contributed by atoms with Crippen LogP contribution < -0.4 is 5.32 Å². The Morgan fingerprint density at radius 2 is 2.16 bits per heavy atom. The molecule has 25 heavy (non-hydrogen) atoms. The molecule has 0 radical (unpaired) electrons. The van der Waals surface area contributed by atoms with Crippen LogP contribution in [0.25, 0.3) is 0 Å². The van der Waals surface area contributed by atoms with Gasteiger partial charge in [0, 0.05) is 39.0 Å². The topological polar surface area (TPSA) is 58.3 Å². The predicted molar refractivity (Wildman–Crippen MR) is 98.7 cm³/mol. The van der Waals surface area contributed by atoms with Crippen LogP contribution in [0.2, 0.25) is 0 Å². The molecule has 0 spiro atoms. The van der Waals surface area contributed by atoms with Crippen LogP contribution in [0, 0.1) is 6.92 Å². The predicted octanol–water partition coefficient (Wildman–Crippen LogP) is 2.10. The third-order valence-corrected chi connectivity index (χ3v) is 5.42. The first-order valence-corrected chi connectivity index (χ1v) is 9.18. The smallest absolute Gasteiger partial charge is 0.194 e. The molecule has 0 saturated carbocycles. The molecule has 3 heterocycles. The molecule has 1 atom stereocenters. The van der Waals surface area contributed by atoms with Gasteiger partial charge in [-0.3, -0.25) is 4.99 Å². The summed E-state index contributed by atoms with van der Waals surface area (Å²) in [5, 5.41) is 12.1. The molecule has 6 heteroatoms. The molecule has 1 aromatic carbocycles. The van der Waals surface area contributed by atoms with Crippen molar-refractivity contribution in [3.63, 3.8) is 0 Å². The molecule has 1 aromatic heterocycles. The van der Waals surface area contributed by atoms with E-state index < -0.39 is 0 Å². The van der Waals surface area contributed by atoms with Gasteiger partial charge in [-0.15, -0.1) is 10.2 Å². The Labute approximate surface area is 149 Å². The first-order chi connectivity index (χ1) is 12.3. The Morgan fingerprint density at radius 3 is 3.00 bits per heavy atom. The van der Waals surface area contributed by atoms with E-state index in [1.54, 1.807) is 0 Å². The highest BCUT2D eigenvalue weighted by Crippen LogP contribution is 2.29. The van der Waals surface area contributed by atoms with Gasteiger partial charge in [-0.2, -0.15) is 0 Å². The number of likely N-dealkylation sites (tertiary alicyclic amines) is 1. The Kier molecular flexibility index (Phi) is 4.42. The Balaban J connectivity index is 1.40. The number of aromatic nitrogens is 3. The Hall–Kier alpha value is -2.37. The average molecular weight is 338 g/mol. The van der Waals surface area contributed by atoms with Crippen molar-refractivity contribution in [3.05, 3.63) is 47.0 Å². The summed E-state index contributed by atoms with van der Waals surface area (Å²) in [5.74, 6) is 3.68. The van der Waals surface area contributed by atoms with Crippen molar-refractivity contribution in [3.8, 4) is 0 Å². The first-order valence-electron chi connectivity index (χ1n) is 9.18. The molecule has 4 rings (SSSR count). The van der Waals surface area contributed by atoms with Gasteiger partial charge in [0.15, 0.2) is 11.8 Å². The van der Waals surface area contributed by atoms with Crippen molar-refractivity contribution in [2.75, 3.05) is 20.1 Å². The Bertz CT molecular complexity index is 778. The molecular weight excluding hydrogens is 312 g/mol. The fourth-order valence-electron chi connectivity index (χ4n) is 4.08. The maximum absolute atomic E-state index is 4.49. The highest BCUT2D eigenvalue weighted by atomic mass is 15.3. The van der Waals surface area contributed by atoms with Gasteiger partial charge in [0.25, 0.3) is 0 Å². The van der Waals surface area contributed by atoms with Crippen LogP contribution in [0.4, 0.5) is 0 Å². The molecule has 0 aliphatic carbocycles. The summed E-state index contributed by atoms with van der Waals surface area (Å²) in [7, 11) is 1.86. The molecule has 1 fully saturated rings. The van der Waals surface area contributed by atoms with Crippen LogP contribution >= 0.6 is 0 Å². The minimum Gasteiger partial charge on any atom is -0.349 e. The van der Waals surface area contributed by atoms with Crippen LogP contribution in [-0.2, 0) is 19.5 Å². The number of hydrogen-bond donors (Lipinski definition) is 1. The zero-order chi connectivity index (χ0) is 17.2. The number of hydrogen-bond acceptors (Lipinski definition) is 3. The number of benzene rings is 1. The second-order valence-corrected chi connectivity index (χ2v) is 6.98. The van der Waals surface area contributed by atoms with Gasteiger partial charge in [0.1, 0.15) is 5.82 Å². The van der Waals surface area contributed by atoms with Gasteiger partial charge >= 0.3 is 0 Å². The number of aliphatic imine (C=N–C) groups is 1. The maximum atomic E-state index is 4.49. The number of fused-ring (bicyclic) bond motifs is 1. The molecule has 2 aliphatic heterocycles. The SMILES string of the molecule is CN=C(NCc1nnc2n1CCC2)N1CCC(c2ccccc2C)C1. The van der Waals surface area contributed by atoms with Crippen molar-refractivity contribution in [1.82, 2.24) is 25.0 Å². The van der Waals surface area contributed by atoms with E-state index in [1.165, 1.54) is 24.0 Å². The third kappa shape index (κ3) is 3.13. The van der Waals surface area contributed by atoms with Crippen LogP contribution in [0.5, 0.6) is 0 Å². The van der Waals surface area contributed by atoms with Gasteiger partial charge in [0.05, 0.1) is 6.54 Å². The summed E-state index contributed by atoms with van der Waals surface area (Å²) in [6.45, 7) is 5.98. The van der Waals surface area contributed by atoms with Crippen molar-refractivity contribution >= 4 is 5.96 Å². The van der Waals surface area contributed by atoms with E-state index in [0.717, 1.165) is 43.7 Å². The summed E-state index contributed by atoms with van der Waals surface area (Å²) in [5.41, 5.74) is 2.85. The van der Waals surface area contributed by atoms with Crippen molar-refractivity contribution in [2.45, 2.75) is 45.2 Å². The number of nitrogens with one attached hydrogen (secondary N) is 1. The van der Waals surface area contributed by atoms with E-state index in [2.05, 4.69) is 61.2 Å². The number of nitrogens with zero attached hydrogens (tertiary/aromatic N) is 5. The highest BCUT2D eigenvalue weighted by Gasteiger charge is 2.27. The lowest BCUT2D eigenvalue weighted by Crippen LogP contribution is -2.40. The lowest BCUT2D eigenvalue weighted by molar-refractivity contribution is 0.482. The van der Waals surface area contributed by atoms with Crippen LogP contribution in [0.1, 0.15) is 41.5 Å². The van der Waals surface area contributed by atoms with Gasteiger partial charge in [-0.05, 0) is 30.9 Å². The van der Waals surface area contributed by atoms with Gasteiger partial charge in [0.2, 0.25) is 0 Å². The van der Waals surface area contributed by atoms with Crippen molar-refractivity contribution < 1.29 is 0 Å². The molecule has 6 nitrogen and oxygen atoms in total. The third-order valence-electron chi connectivity index (χ3n) is 5.42. The summed E-state index contributed by atoms with van der Waals surface area (Å²) < 4.78 is 2.24. The second kappa shape index (κ2) is 6.86. The number of rotatable bonds is 3. The molecule has 1 N–H and O–H groups in total. The van der Waals surface area contributed by atoms with Crippen molar-refractivity contribution in [2.24, 2.45) is 4.99 Å². The zero-order valence-electron chi connectivity index (χ0n) is 15.1. The minimum atomic E-state index is 0.581. The van der Waals surface area contributed by atoms with E-state index in [0.29, 0.717) is 12.5 Å². The summed E-state index contributed by atoms with van der Waals surface area (Å²) in [4.78, 5) is 6.85. The van der Waals surface area contributed by atoms with E-state index >= 15 is 0 Å². The molecule has 0 amide bonds. The first kappa shape index (κ1) is 16.1. The number of guanidine groups is 1. The lowest BCUT2D eigenvalue weighted by Gasteiger charge is -2.22. The maximum Gasteiger partial charge on any atom is 0.194 e. The second-order valence-electron chi connectivity index (χ2n) is 6.98. The molecule has 1 unspecified atom stereocenters. The molecule has 0 bridgehead atoms. The van der Waals surface area contributed by atoms with E-state index in [4.69, 9.17) is 0 Å². The normalized spacial score (nSPS) is 20.2. The van der Waals surface area contributed by atoms with Gasteiger partial charge < -0.3 is 14.8 Å². The van der Waals surface area contributed by atoms with Crippen LogP contribution in [-0.4, -0.2) is 45.8 Å². The zero-order valence-corrected chi connectivity index (χ0v) is 15.1. The monoisotopic (exact) mass is 338 g/mol.